The van der Waals surface area contributed by atoms with Gasteiger partial charge in [0.1, 0.15) is 13.7 Å². The van der Waals surface area contributed by atoms with E-state index in [9.17, 15) is 4.79 Å². The highest BCUT2D eigenvalue weighted by molar-refractivity contribution is 6.83. The SMILES string of the molecule is CC(/C=C/C#C[Si](C)(C)C)NC(=O)OC(C)(C)C. The number of carbonyl (C=O) groups is 1. The Hall–Kier alpha value is -1.21. The number of hydrogen-bond acceptors (Lipinski definition) is 2. The second-order valence-electron chi connectivity index (χ2n) is 6.31. The van der Waals surface area contributed by atoms with Crippen LogP contribution in [0, 0.1) is 11.5 Å². The van der Waals surface area contributed by atoms with E-state index in [-0.39, 0.29) is 6.04 Å². The van der Waals surface area contributed by atoms with Crippen molar-refractivity contribution in [2.75, 3.05) is 0 Å². The largest absolute Gasteiger partial charge is 0.444 e. The smallest absolute Gasteiger partial charge is 0.408 e. The molecule has 1 atom stereocenters. The van der Waals surface area contributed by atoms with Gasteiger partial charge in [-0.15, -0.1) is 5.54 Å². The van der Waals surface area contributed by atoms with E-state index >= 15 is 0 Å². The van der Waals surface area contributed by atoms with Gasteiger partial charge >= 0.3 is 6.09 Å². The summed E-state index contributed by atoms with van der Waals surface area (Å²) >= 11 is 0. The quantitative estimate of drug-likeness (QED) is 0.615. The zero-order valence-electron chi connectivity index (χ0n) is 12.5. The van der Waals surface area contributed by atoms with Gasteiger partial charge in [-0.05, 0) is 33.8 Å². The summed E-state index contributed by atoms with van der Waals surface area (Å²) < 4.78 is 5.16. The highest BCUT2D eigenvalue weighted by atomic mass is 28.3. The minimum absolute atomic E-state index is 0.0872. The number of rotatable bonds is 2. The molecule has 0 heterocycles. The Bertz CT molecular complexity index is 364. The Kier molecular flexibility index (Phi) is 6.20. The number of nitrogens with one attached hydrogen (secondary N) is 1. The third-order valence-electron chi connectivity index (χ3n) is 1.66. The van der Waals surface area contributed by atoms with Crippen LogP contribution in [-0.4, -0.2) is 25.8 Å². The van der Waals surface area contributed by atoms with E-state index in [0.29, 0.717) is 0 Å². The summed E-state index contributed by atoms with van der Waals surface area (Å²) in [5.74, 6) is 3.02. The molecule has 0 aliphatic heterocycles. The first-order chi connectivity index (χ1) is 7.99. The molecule has 0 rings (SSSR count). The molecule has 0 aromatic carbocycles. The van der Waals surface area contributed by atoms with Crippen LogP contribution in [0.25, 0.3) is 0 Å². The Morgan fingerprint density at radius 3 is 2.33 bits per heavy atom. The summed E-state index contributed by atoms with van der Waals surface area (Å²) in [4.78, 5) is 11.5. The fourth-order valence-electron chi connectivity index (χ4n) is 0.992. The van der Waals surface area contributed by atoms with Gasteiger partial charge in [0.05, 0.1) is 0 Å². The molecule has 0 aromatic rings. The number of alkyl carbamates (subject to hydrolysis) is 1. The summed E-state index contributed by atoms with van der Waals surface area (Å²) in [5.41, 5.74) is 2.76. The monoisotopic (exact) mass is 267 g/mol. The lowest BCUT2D eigenvalue weighted by atomic mass is 10.2. The Morgan fingerprint density at radius 2 is 1.89 bits per heavy atom. The average molecular weight is 267 g/mol. The molecule has 1 amide bonds. The van der Waals surface area contributed by atoms with Crippen LogP contribution >= 0.6 is 0 Å². The summed E-state index contributed by atoms with van der Waals surface area (Å²) in [7, 11) is -1.32. The number of amides is 1. The Balaban J connectivity index is 4.19. The summed E-state index contributed by atoms with van der Waals surface area (Å²) in [6.45, 7) is 14.0. The van der Waals surface area contributed by atoms with Crippen molar-refractivity contribution in [3.8, 4) is 11.5 Å². The zero-order valence-corrected chi connectivity index (χ0v) is 13.5. The molecule has 0 bridgehead atoms. The van der Waals surface area contributed by atoms with E-state index in [1.165, 1.54) is 0 Å². The predicted molar refractivity (Wildman–Crippen MR) is 79.1 cm³/mol. The second-order valence-corrected chi connectivity index (χ2v) is 11.1. The van der Waals surface area contributed by atoms with Crippen LogP contribution in [0.2, 0.25) is 19.6 Å². The number of carbonyl (C=O) groups excluding carboxylic acids is 1. The van der Waals surface area contributed by atoms with E-state index in [1.54, 1.807) is 6.08 Å². The van der Waals surface area contributed by atoms with Gasteiger partial charge in [-0.25, -0.2) is 4.79 Å². The number of ether oxygens (including phenoxy) is 1. The van der Waals surface area contributed by atoms with Crippen molar-refractivity contribution in [1.82, 2.24) is 5.32 Å². The summed E-state index contributed by atoms with van der Waals surface area (Å²) in [5, 5.41) is 2.73. The molecule has 0 fully saturated rings. The maximum Gasteiger partial charge on any atom is 0.408 e. The lowest BCUT2D eigenvalue weighted by molar-refractivity contribution is 0.0518. The molecule has 0 aromatic heterocycles. The molecular formula is C14H25NO2Si. The Labute approximate surface area is 112 Å². The molecule has 0 spiro atoms. The van der Waals surface area contributed by atoms with Crippen molar-refractivity contribution in [2.24, 2.45) is 0 Å². The van der Waals surface area contributed by atoms with Crippen LogP contribution in [0.3, 0.4) is 0 Å². The van der Waals surface area contributed by atoms with Gasteiger partial charge in [0.2, 0.25) is 0 Å². The topological polar surface area (TPSA) is 38.3 Å². The molecular weight excluding hydrogens is 242 g/mol. The van der Waals surface area contributed by atoms with Gasteiger partial charge in [-0.3, -0.25) is 0 Å². The third-order valence-corrected chi connectivity index (χ3v) is 2.55. The van der Waals surface area contributed by atoms with Gasteiger partial charge in [0.15, 0.2) is 0 Å². The van der Waals surface area contributed by atoms with Crippen molar-refractivity contribution in [3.05, 3.63) is 12.2 Å². The fourth-order valence-corrected chi connectivity index (χ4v) is 1.51. The second kappa shape index (κ2) is 6.65. The normalized spacial score (nSPS) is 13.7. The minimum Gasteiger partial charge on any atom is -0.444 e. The van der Waals surface area contributed by atoms with Crippen LogP contribution in [0.15, 0.2) is 12.2 Å². The van der Waals surface area contributed by atoms with E-state index in [4.69, 9.17) is 4.74 Å². The maximum atomic E-state index is 11.5. The fraction of sp³-hybridized carbons (Fsp3) is 0.643. The highest BCUT2D eigenvalue weighted by Gasteiger charge is 2.16. The van der Waals surface area contributed by atoms with Gasteiger partial charge < -0.3 is 10.1 Å². The van der Waals surface area contributed by atoms with E-state index in [2.05, 4.69) is 36.4 Å². The molecule has 0 radical (unpaired) electrons. The van der Waals surface area contributed by atoms with E-state index in [1.807, 2.05) is 33.8 Å². The standard InChI is InChI=1S/C14H25NO2Si/c1-12(10-8-9-11-18(5,6)7)15-13(16)17-14(2,3)4/h8,10,12H,1-7H3,(H,15,16)/b10-8+. The molecule has 1 unspecified atom stereocenters. The number of allylic oxidation sites excluding steroid dienone is 1. The molecule has 0 aliphatic carbocycles. The predicted octanol–water partition coefficient (Wildman–Crippen LogP) is 3.34. The average Bonchev–Trinajstić information content (AvgIpc) is 2.07. The first kappa shape index (κ1) is 16.8. The van der Waals surface area contributed by atoms with Crippen molar-refractivity contribution < 1.29 is 9.53 Å². The van der Waals surface area contributed by atoms with Gasteiger partial charge in [0, 0.05) is 6.04 Å². The molecule has 1 N–H and O–H groups in total. The van der Waals surface area contributed by atoms with E-state index < -0.39 is 19.8 Å². The molecule has 4 heteroatoms. The Morgan fingerprint density at radius 1 is 1.33 bits per heavy atom. The molecule has 0 saturated heterocycles. The highest BCUT2D eigenvalue weighted by Crippen LogP contribution is 2.06. The van der Waals surface area contributed by atoms with Crippen molar-refractivity contribution in [2.45, 2.75) is 59.0 Å². The molecule has 102 valence electrons. The summed E-state index contributed by atoms with van der Waals surface area (Å²) in [6.07, 6.45) is 3.25. The van der Waals surface area contributed by atoms with Crippen molar-refractivity contribution >= 4 is 14.2 Å². The molecule has 0 aliphatic rings. The van der Waals surface area contributed by atoms with Crippen LogP contribution < -0.4 is 5.32 Å². The number of hydrogen-bond donors (Lipinski definition) is 1. The first-order valence-corrected chi connectivity index (χ1v) is 9.68. The summed E-state index contributed by atoms with van der Waals surface area (Å²) in [6, 6.07) is -0.0872. The van der Waals surface area contributed by atoms with Crippen LogP contribution in [0.4, 0.5) is 4.79 Å². The maximum absolute atomic E-state index is 11.5. The minimum atomic E-state index is -1.32. The van der Waals surface area contributed by atoms with Gasteiger partial charge in [-0.2, -0.15) is 0 Å². The van der Waals surface area contributed by atoms with Crippen LogP contribution in [0.5, 0.6) is 0 Å². The zero-order chi connectivity index (χ0) is 14.4. The van der Waals surface area contributed by atoms with Crippen LogP contribution in [0.1, 0.15) is 27.7 Å². The third kappa shape index (κ3) is 11.3. The lowest BCUT2D eigenvalue weighted by Gasteiger charge is -2.20. The lowest BCUT2D eigenvalue weighted by Crippen LogP contribution is -2.36. The molecule has 0 saturated carbocycles. The van der Waals surface area contributed by atoms with Crippen molar-refractivity contribution in [1.29, 1.82) is 0 Å². The van der Waals surface area contributed by atoms with Crippen molar-refractivity contribution in [3.63, 3.8) is 0 Å². The van der Waals surface area contributed by atoms with Crippen LogP contribution in [-0.2, 0) is 4.74 Å². The molecule has 3 nitrogen and oxygen atoms in total. The molecule has 18 heavy (non-hydrogen) atoms. The van der Waals surface area contributed by atoms with Gasteiger partial charge in [-0.1, -0.05) is 31.6 Å². The first-order valence-electron chi connectivity index (χ1n) is 6.18. The van der Waals surface area contributed by atoms with Gasteiger partial charge in [0.25, 0.3) is 0 Å². The van der Waals surface area contributed by atoms with E-state index in [0.717, 1.165) is 0 Å².